The fourth-order valence-corrected chi connectivity index (χ4v) is 2.88. The fraction of sp³-hybridized carbons (Fsp3) is 0.308. The number of aldehydes is 1. The summed E-state index contributed by atoms with van der Waals surface area (Å²) in [5.41, 5.74) is 0.332. The molecule has 0 saturated carbocycles. The van der Waals surface area contributed by atoms with Crippen molar-refractivity contribution in [2.45, 2.75) is 19.9 Å². The average molecular weight is 296 g/mol. The largest absolute Gasteiger partial charge is 0.351 e. The number of anilines is 1. The number of hydrogen-bond donors (Lipinski definition) is 0. The maximum absolute atomic E-state index is 11.2. The molecule has 2 aromatic heterocycles. The molecule has 0 aliphatic heterocycles. The molecule has 0 aliphatic carbocycles. The Kier molecular flexibility index (Phi) is 4.17. The van der Waals surface area contributed by atoms with Crippen LogP contribution in [0.1, 0.15) is 34.0 Å². The van der Waals surface area contributed by atoms with Crippen molar-refractivity contribution in [2.75, 3.05) is 11.9 Å². The van der Waals surface area contributed by atoms with Crippen LogP contribution in [-0.4, -0.2) is 23.3 Å². The molecular weight excluding hydrogens is 282 g/mol. The van der Waals surface area contributed by atoms with E-state index in [2.05, 4.69) is 23.0 Å². The molecule has 1 unspecified atom stereocenters. The highest BCUT2D eigenvalue weighted by atomic mass is 35.5. The van der Waals surface area contributed by atoms with Gasteiger partial charge in [0.05, 0.1) is 11.6 Å². The third kappa shape index (κ3) is 2.77. The molecule has 0 spiro atoms. The van der Waals surface area contributed by atoms with Gasteiger partial charge in [-0.25, -0.2) is 9.97 Å². The minimum absolute atomic E-state index is 0.115. The highest BCUT2D eigenvalue weighted by Gasteiger charge is 2.20. The van der Waals surface area contributed by atoms with Crippen molar-refractivity contribution in [1.82, 2.24) is 9.97 Å². The van der Waals surface area contributed by atoms with E-state index in [0.29, 0.717) is 23.5 Å². The van der Waals surface area contributed by atoms with Gasteiger partial charge in [-0.05, 0) is 25.3 Å². The zero-order valence-corrected chi connectivity index (χ0v) is 12.5. The second kappa shape index (κ2) is 5.67. The Labute approximate surface area is 121 Å². The predicted octanol–water partition coefficient (Wildman–Crippen LogP) is 3.51. The Hall–Kier alpha value is -1.46. The van der Waals surface area contributed by atoms with E-state index in [0.717, 1.165) is 0 Å². The number of halogens is 1. The first-order valence-electron chi connectivity index (χ1n) is 5.80. The van der Waals surface area contributed by atoms with Crippen molar-refractivity contribution in [1.29, 1.82) is 0 Å². The standard InChI is InChI=1S/C13H14ClN3OS/c1-8(11-5-4-6-19-11)17(3)13-10(7-18)12(14)15-9(2)16-13/h4-8H,1-3H3. The third-order valence-corrected chi connectivity index (χ3v) is 4.31. The Bertz CT molecular complexity index is 586. The van der Waals surface area contributed by atoms with Crippen LogP contribution in [0.3, 0.4) is 0 Å². The number of aryl methyl sites for hydroxylation is 1. The molecule has 0 aliphatic rings. The lowest BCUT2D eigenvalue weighted by atomic mass is 10.2. The van der Waals surface area contributed by atoms with Crippen LogP contribution in [0.4, 0.5) is 5.82 Å². The monoisotopic (exact) mass is 295 g/mol. The summed E-state index contributed by atoms with van der Waals surface area (Å²) >= 11 is 7.67. The number of aromatic nitrogens is 2. The predicted molar refractivity (Wildman–Crippen MR) is 78.3 cm³/mol. The topological polar surface area (TPSA) is 46.1 Å². The minimum atomic E-state index is 0.115. The molecule has 2 rings (SSSR count). The van der Waals surface area contributed by atoms with E-state index in [1.807, 2.05) is 23.4 Å². The Morgan fingerprint density at radius 2 is 2.21 bits per heavy atom. The zero-order valence-electron chi connectivity index (χ0n) is 10.9. The first kappa shape index (κ1) is 14.0. The molecule has 0 aromatic carbocycles. The molecule has 100 valence electrons. The maximum Gasteiger partial charge on any atom is 0.156 e. The first-order chi connectivity index (χ1) is 9.04. The summed E-state index contributed by atoms with van der Waals surface area (Å²) in [7, 11) is 1.90. The molecule has 2 heterocycles. The summed E-state index contributed by atoms with van der Waals surface area (Å²) < 4.78 is 0. The second-order valence-electron chi connectivity index (χ2n) is 4.22. The maximum atomic E-state index is 11.2. The van der Waals surface area contributed by atoms with E-state index in [4.69, 9.17) is 11.6 Å². The van der Waals surface area contributed by atoms with Gasteiger partial charge in [-0.15, -0.1) is 11.3 Å². The van der Waals surface area contributed by atoms with Crippen LogP contribution < -0.4 is 4.90 Å². The molecule has 19 heavy (non-hydrogen) atoms. The average Bonchev–Trinajstić information content (AvgIpc) is 2.90. The number of thiophene rings is 1. The van der Waals surface area contributed by atoms with Gasteiger partial charge in [-0.3, -0.25) is 4.79 Å². The fourth-order valence-electron chi connectivity index (χ4n) is 1.81. The second-order valence-corrected chi connectivity index (χ2v) is 5.56. The molecule has 0 N–H and O–H groups in total. The zero-order chi connectivity index (χ0) is 14.0. The first-order valence-corrected chi connectivity index (χ1v) is 7.06. The Morgan fingerprint density at radius 1 is 1.47 bits per heavy atom. The van der Waals surface area contributed by atoms with Crippen molar-refractivity contribution in [2.24, 2.45) is 0 Å². The molecular formula is C13H14ClN3OS. The van der Waals surface area contributed by atoms with E-state index >= 15 is 0 Å². The summed E-state index contributed by atoms with van der Waals surface area (Å²) in [5, 5.41) is 2.22. The number of carbonyl (C=O) groups excluding carboxylic acids is 1. The molecule has 1 atom stereocenters. The van der Waals surface area contributed by atoms with Crippen molar-refractivity contribution in [3.63, 3.8) is 0 Å². The van der Waals surface area contributed by atoms with Crippen LogP contribution in [0, 0.1) is 6.92 Å². The summed E-state index contributed by atoms with van der Waals surface area (Å²) in [4.78, 5) is 22.7. The molecule has 4 nitrogen and oxygen atoms in total. The Morgan fingerprint density at radius 3 is 2.79 bits per heavy atom. The van der Waals surface area contributed by atoms with Gasteiger partial charge in [0.15, 0.2) is 6.29 Å². The van der Waals surface area contributed by atoms with Crippen LogP contribution in [0.5, 0.6) is 0 Å². The van der Waals surface area contributed by atoms with E-state index in [1.165, 1.54) is 4.88 Å². The van der Waals surface area contributed by atoms with Gasteiger partial charge in [-0.1, -0.05) is 17.7 Å². The summed E-state index contributed by atoms with van der Waals surface area (Å²) in [5.74, 6) is 1.12. The third-order valence-electron chi connectivity index (χ3n) is 2.98. The number of nitrogens with zero attached hydrogens (tertiary/aromatic N) is 3. The van der Waals surface area contributed by atoms with E-state index in [-0.39, 0.29) is 11.2 Å². The van der Waals surface area contributed by atoms with Gasteiger partial charge in [0.25, 0.3) is 0 Å². The minimum Gasteiger partial charge on any atom is -0.351 e. The number of rotatable bonds is 4. The van der Waals surface area contributed by atoms with Gasteiger partial charge in [-0.2, -0.15) is 0 Å². The molecule has 0 bridgehead atoms. The molecule has 2 aromatic rings. The van der Waals surface area contributed by atoms with Crippen LogP contribution in [0.25, 0.3) is 0 Å². The molecule has 0 fully saturated rings. The van der Waals surface area contributed by atoms with Crippen molar-refractivity contribution in [3.8, 4) is 0 Å². The van der Waals surface area contributed by atoms with Gasteiger partial charge in [0.1, 0.15) is 16.8 Å². The van der Waals surface area contributed by atoms with Gasteiger partial charge in [0.2, 0.25) is 0 Å². The van der Waals surface area contributed by atoms with Crippen LogP contribution >= 0.6 is 22.9 Å². The van der Waals surface area contributed by atoms with Crippen LogP contribution in [0.2, 0.25) is 5.15 Å². The van der Waals surface area contributed by atoms with Crippen LogP contribution in [-0.2, 0) is 0 Å². The molecule has 0 amide bonds. The lowest BCUT2D eigenvalue weighted by Gasteiger charge is -2.26. The van der Waals surface area contributed by atoms with E-state index in [1.54, 1.807) is 18.3 Å². The lowest BCUT2D eigenvalue weighted by molar-refractivity contribution is 0.112. The van der Waals surface area contributed by atoms with Gasteiger partial charge in [0, 0.05) is 11.9 Å². The van der Waals surface area contributed by atoms with Crippen LogP contribution in [0.15, 0.2) is 17.5 Å². The molecule has 0 saturated heterocycles. The van der Waals surface area contributed by atoms with Crippen molar-refractivity contribution < 1.29 is 4.79 Å². The summed E-state index contributed by atoms with van der Waals surface area (Å²) in [6, 6.07) is 4.18. The highest BCUT2D eigenvalue weighted by molar-refractivity contribution is 7.10. The van der Waals surface area contributed by atoms with E-state index in [9.17, 15) is 4.79 Å². The molecule has 6 heteroatoms. The summed E-state index contributed by atoms with van der Waals surface area (Å²) in [6.45, 7) is 3.82. The number of carbonyl (C=O) groups is 1. The summed E-state index contributed by atoms with van der Waals surface area (Å²) in [6.07, 6.45) is 0.703. The highest BCUT2D eigenvalue weighted by Crippen LogP contribution is 2.30. The normalized spacial score (nSPS) is 12.2. The Balaban J connectivity index is 2.43. The smallest absolute Gasteiger partial charge is 0.156 e. The van der Waals surface area contributed by atoms with Crippen molar-refractivity contribution >= 4 is 35.0 Å². The van der Waals surface area contributed by atoms with Gasteiger partial charge < -0.3 is 4.90 Å². The van der Waals surface area contributed by atoms with Crippen molar-refractivity contribution in [3.05, 3.63) is 38.9 Å². The quantitative estimate of drug-likeness (QED) is 0.640. The van der Waals surface area contributed by atoms with E-state index < -0.39 is 0 Å². The molecule has 0 radical (unpaired) electrons. The lowest BCUT2D eigenvalue weighted by Crippen LogP contribution is -2.24. The number of hydrogen-bond acceptors (Lipinski definition) is 5. The van der Waals surface area contributed by atoms with Gasteiger partial charge >= 0.3 is 0 Å². The SMILES string of the molecule is Cc1nc(Cl)c(C=O)c(N(C)C(C)c2cccs2)n1.